The van der Waals surface area contributed by atoms with E-state index in [-0.39, 0.29) is 23.0 Å². The fourth-order valence-electron chi connectivity index (χ4n) is 11.7. The van der Waals surface area contributed by atoms with E-state index in [1.807, 2.05) is 17.4 Å². The Labute approximate surface area is 374 Å². The molecular weight excluding hydrogens is 786 g/mol. The third kappa shape index (κ3) is 5.20. The molecule has 0 spiro atoms. The van der Waals surface area contributed by atoms with Gasteiger partial charge in [-0.1, -0.05) is 122 Å². The zero-order valence-electron chi connectivity index (χ0n) is 37.4. The Morgan fingerprint density at radius 1 is 0.683 bits per heavy atom. The van der Waals surface area contributed by atoms with Crippen LogP contribution in [0.3, 0.4) is 0 Å². The first-order valence-corrected chi connectivity index (χ1v) is 23.6. The largest absolute Gasteiger partial charge is 0.458 e. The van der Waals surface area contributed by atoms with Crippen LogP contribution in [0.4, 0.5) is 17.1 Å². The highest BCUT2D eigenvalue weighted by atomic mass is 32.1. The first-order chi connectivity index (χ1) is 30.2. The van der Waals surface area contributed by atoms with Crippen LogP contribution in [-0.4, -0.2) is 6.71 Å². The van der Waals surface area contributed by atoms with E-state index in [0.717, 1.165) is 56.7 Å². The van der Waals surface area contributed by atoms with Gasteiger partial charge in [-0.2, -0.15) is 0 Å². The summed E-state index contributed by atoms with van der Waals surface area (Å²) in [5.74, 6) is 1.96. The molecule has 4 heterocycles. The molecule has 3 nitrogen and oxygen atoms in total. The van der Waals surface area contributed by atoms with Gasteiger partial charge in [0, 0.05) is 48.0 Å². The van der Waals surface area contributed by atoms with E-state index < -0.39 is 0 Å². The second-order valence-corrected chi connectivity index (χ2v) is 22.3. The maximum absolute atomic E-state index is 7.60. The Hall–Kier alpha value is -6.04. The van der Waals surface area contributed by atoms with E-state index in [1.165, 1.54) is 88.9 Å². The van der Waals surface area contributed by atoms with Gasteiger partial charge >= 0.3 is 0 Å². The number of thiophene rings is 1. The van der Waals surface area contributed by atoms with E-state index >= 15 is 0 Å². The van der Waals surface area contributed by atoms with Crippen molar-refractivity contribution in [1.82, 2.24) is 0 Å². The number of hydrogen-bond acceptors (Lipinski definition) is 4. The fraction of sp³-hybridized carbons (Fsp3) is 0.241. The summed E-state index contributed by atoms with van der Waals surface area (Å²) in [6, 6.07) is 46.1. The van der Waals surface area contributed by atoms with Gasteiger partial charge in [0.05, 0.1) is 5.69 Å². The number of hydrogen-bond donors (Lipinski definition) is 0. The van der Waals surface area contributed by atoms with Crippen LogP contribution >= 0.6 is 11.3 Å². The fourth-order valence-corrected chi connectivity index (χ4v) is 13.0. The lowest BCUT2D eigenvalue weighted by Gasteiger charge is -2.39. The first-order valence-electron chi connectivity index (χ1n) is 22.8. The maximum atomic E-state index is 7.60. The van der Waals surface area contributed by atoms with Crippen molar-refractivity contribution in [2.45, 2.75) is 90.9 Å². The number of ether oxygens (including phenoxy) is 1. The summed E-state index contributed by atoms with van der Waals surface area (Å²) < 4.78 is 16.6. The zero-order valence-corrected chi connectivity index (χ0v) is 38.2. The minimum Gasteiger partial charge on any atom is -0.458 e. The summed E-state index contributed by atoms with van der Waals surface area (Å²) >= 11 is 1.96. The van der Waals surface area contributed by atoms with Gasteiger partial charge in [0.25, 0.3) is 6.71 Å². The molecule has 0 saturated carbocycles. The normalized spacial score (nSPS) is 15.6. The Kier molecular flexibility index (Phi) is 7.49. The molecule has 0 atom stereocenters. The molecule has 0 radical (unpaired) electrons. The summed E-state index contributed by atoms with van der Waals surface area (Å²) in [5, 5.41) is 3.56. The Morgan fingerprint density at radius 2 is 1.46 bits per heavy atom. The molecule has 0 amide bonds. The number of anilines is 3. The van der Waals surface area contributed by atoms with Crippen LogP contribution in [0.15, 0.2) is 126 Å². The SMILES string of the molecule is CC(C)(C)c1ccc(N2c3cc(-c4ccc5oc6ccccc6c5c4)cc4c3B(c3ccc5c(c3O4)-c3ccc4c(c3C5(C)C)CCC4)c3sc4ccc(C(C)(C)C)cc4c32)cc1. The highest BCUT2D eigenvalue weighted by Gasteiger charge is 2.48. The Balaban J connectivity index is 1.12. The van der Waals surface area contributed by atoms with Crippen LogP contribution in [-0.2, 0) is 29.1 Å². The van der Waals surface area contributed by atoms with E-state index in [4.69, 9.17) is 9.15 Å². The highest BCUT2D eigenvalue weighted by molar-refractivity contribution is 7.33. The molecule has 2 aliphatic heterocycles. The number of nitrogens with zero attached hydrogens (tertiary/aromatic N) is 1. The molecule has 9 aromatic rings. The Bertz CT molecular complexity index is 3460. The molecular formula is C58H50BNO2S. The molecule has 308 valence electrons. The number of para-hydroxylation sites is 1. The van der Waals surface area contributed by atoms with Crippen molar-refractivity contribution in [3.63, 3.8) is 0 Å². The van der Waals surface area contributed by atoms with E-state index in [1.54, 1.807) is 5.56 Å². The average Bonchev–Trinajstić information content (AvgIpc) is 4.04. The number of rotatable bonds is 2. The second-order valence-electron chi connectivity index (χ2n) is 21.2. The van der Waals surface area contributed by atoms with Crippen molar-refractivity contribution >= 4 is 82.8 Å². The van der Waals surface area contributed by atoms with Gasteiger partial charge in [0.15, 0.2) is 0 Å². The molecule has 13 rings (SSSR count). The van der Waals surface area contributed by atoms with Crippen LogP contribution in [0.5, 0.6) is 11.5 Å². The van der Waals surface area contributed by atoms with Crippen molar-refractivity contribution in [2.75, 3.05) is 4.90 Å². The molecule has 0 fully saturated rings. The summed E-state index contributed by atoms with van der Waals surface area (Å²) in [6.45, 7) is 18.7. The minimum absolute atomic E-state index is 0.00276. The van der Waals surface area contributed by atoms with Crippen molar-refractivity contribution in [3.8, 4) is 33.8 Å². The minimum atomic E-state index is -0.122. The number of benzene rings is 7. The lowest BCUT2D eigenvalue weighted by Crippen LogP contribution is -2.58. The number of aryl methyl sites for hydroxylation is 1. The number of furan rings is 1. The molecule has 5 heteroatoms. The highest BCUT2D eigenvalue weighted by Crippen LogP contribution is 2.57. The summed E-state index contributed by atoms with van der Waals surface area (Å²) in [4.78, 5) is 2.57. The molecule has 0 unspecified atom stereocenters. The molecule has 2 aromatic heterocycles. The van der Waals surface area contributed by atoms with Gasteiger partial charge in [-0.05, 0) is 146 Å². The predicted molar refractivity (Wildman–Crippen MR) is 267 cm³/mol. The van der Waals surface area contributed by atoms with Gasteiger partial charge in [0.2, 0.25) is 0 Å². The van der Waals surface area contributed by atoms with E-state index in [0.29, 0.717) is 0 Å². The lowest BCUT2D eigenvalue weighted by molar-refractivity contribution is 0.488. The quantitative estimate of drug-likeness (QED) is 0.162. The average molecular weight is 836 g/mol. The van der Waals surface area contributed by atoms with Crippen LogP contribution in [0, 0.1) is 0 Å². The van der Waals surface area contributed by atoms with Crippen molar-refractivity contribution in [1.29, 1.82) is 0 Å². The monoisotopic (exact) mass is 835 g/mol. The molecule has 2 aliphatic carbocycles. The second kappa shape index (κ2) is 12.6. The van der Waals surface area contributed by atoms with Crippen LogP contribution in [0.25, 0.3) is 54.3 Å². The predicted octanol–water partition coefficient (Wildman–Crippen LogP) is 14.3. The van der Waals surface area contributed by atoms with Crippen LogP contribution in [0.1, 0.15) is 95.2 Å². The van der Waals surface area contributed by atoms with Crippen molar-refractivity contribution in [3.05, 3.63) is 155 Å². The van der Waals surface area contributed by atoms with Gasteiger partial charge in [-0.25, -0.2) is 0 Å². The van der Waals surface area contributed by atoms with Gasteiger partial charge < -0.3 is 14.1 Å². The molecule has 0 N–H and O–H groups in total. The molecule has 0 bridgehead atoms. The Morgan fingerprint density at radius 3 is 2.27 bits per heavy atom. The zero-order chi connectivity index (χ0) is 42.9. The summed E-state index contributed by atoms with van der Waals surface area (Å²) in [5.41, 5.74) is 21.4. The van der Waals surface area contributed by atoms with Crippen molar-refractivity contribution in [2.24, 2.45) is 0 Å². The van der Waals surface area contributed by atoms with E-state index in [2.05, 4.69) is 176 Å². The van der Waals surface area contributed by atoms with Gasteiger partial charge in [0.1, 0.15) is 22.7 Å². The first kappa shape index (κ1) is 37.5. The molecule has 7 aromatic carbocycles. The third-order valence-electron chi connectivity index (χ3n) is 15.0. The van der Waals surface area contributed by atoms with Crippen molar-refractivity contribution < 1.29 is 9.15 Å². The summed E-state index contributed by atoms with van der Waals surface area (Å²) in [7, 11) is 0. The maximum Gasteiger partial charge on any atom is 0.268 e. The number of fused-ring (bicyclic) bond motifs is 15. The third-order valence-corrected chi connectivity index (χ3v) is 16.2. The smallest absolute Gasteiger partial charge is 0.268 e. The lowest BCUT2D eigenvalue weighted by atomic mass is 9.36. The van der Waals surface area contributed by atoms with Gasteiger partial charge in [-0.3, -0.25) is 0 Å². The molecule has 63 heavy (non-hydrogen) atoms. The molecule has 4 aliphatic rings. The summed E-state index contributed by atoms with van der Waals surface area (Å²) in [6.07, 6.45) is 3.56. The molecule has 0 saturated heterocycles. The van der Waals surface area contributed by atoms with Crippen LogP contribution in [0.2, 0.25) is 0 Å². The topological polar surface area (TPSA) is 25.6 Å². The standard InChI is InChI=1S/C58H50BNO2S/c1-56(2,3)35-18-21-37(22-19-35)60-45-29-34(33-17-26-47-41(28-33)39-13-9-10-15-46(39)61-47)30-48-52(45)59(55-53(60)42-31-36(57(4,5)6)20-27-49(42)63-55)44-25-24-43-50(54(44)62-48)40-23-16-32-12-11-14-38(32)51(40)58(43,7)8/h9-10,13,15-31H,11-12,14H2,1-8H3. The van der Waals surface area contributed by atoms with Gasteiger partial charge in [-0.15, -0.1) is 11.3 Å². The van der Waals surface area contributed by atoms with Crippen LogP contribution < -0.4 is 25.3 Å². The van der Waals surface area contributed by atoms with E-state index in [9.17, 15) is 0 Å².